The normalized spacial score (nSPS) is 51.8. The van der Waals surface area contributed by atoms with Crippen LogP contribution in [0.1, 0.15) is 106 Å². The number of ether oxygens (including phenoxy) is 6. The van der Waals surface area contributed by atoms with E-state index in [0.29, 0.717) is 12.8 Å². The average Bonchev–Trinajstić information content (AvgIpc) is 3.76. The van der Waals surface area contributed by atoms with E-state index >= 15 is 0 Å². The van der Waals surface area contributed by atoms with Crippen LogP contribution in [-0.2, 0) is 28.4 Å². The first kappa shape index (κ1) is 50.9. The second kappa shape index (κ2) is 19.5. The Morgan fingerprint density at radius 3 is 1.81 bits per heavy atom. The van der Waals surface area contributed by atoms with Crippen molar-refractivity contribution in [3.63, 3.8) is 0 Å². The maximum absolute atomic E-state index is 12.5. The minimum absolute atomic E-state index is 0.0326. The molecule has 7 rings (SSSR count). The maximum Gasteiger partial charge on any atom is 0.186 e. The van der Waals surface area contributed by atoms with Crippen LogP contribution in [0, 0.1) is 51.2 Å². The van der Waals surface area contributed by atoms with E-state index in [-0.39, 0.29) is 70.6 Å². The summed E-state index contributed by atoms with van der Waals surface area (Å²) in [5.74, 6) is 0.408. The molecule has 0 aromatic heterocycles. The summed E-state index contributed by atoms with van der Waals surface area (Å²) in [5, 5.41) is 117. The molecule has 0 radical (unpaired) electrons. The van der Waals surface area contributed by atoms with E-state index in [4.69, 9.17) is 28.4 Å². The van der Waals surface area contributed by atoms with Crippen molar-refractivity contribution in [3.05, 3.63) is 11.6 Å². The van der Waals surface area contributed by atoms with Gasteiger partial charge in [0.15, 0.2) is 18.9 Å². The lowest BCUT2D eigenvalue weighted by molar-refractivity contribution is -0.332. The van der Waals surface area contributed by atoms with Gasteiger partial charge in [-0.1, -0.05) is 46.3 Å². The van der Waals surface area contributed by atoms with Gasteiger partial charge in [-0.25, -0.2) is 0 Å². The summed E-state index contributed by atoms with van der Waals surface area (Å²) in [4.78, 5) is 0. The van der Waals surface area contributed by atoms with Crippen LogP contribution in [0.2, 0.25) is 0 Å². The van der Waals surface area contributed by atoms with Gasteiger partial charge in [-0.15, -0.1) is 0 Å². The molecule has 7 aliphatic rings. The van der Waals surface area contributed by atoms with Crippen LogP contribution in [0.3, 0.4) is 0 Å². The molecule has 17 nitrogen and oxygen atoms in total. The average molecular weight is 917 g/mol. The minimum Gasteiger partial charge on any atom is -0.394 e. The molecular formula is C47H80O17. The first-order valence-corrected chi connectivity index (χ1v) is 23.9. The summed E-state index contributed by atoms with van der Waals surface area (Å²) in [7, 11) is 0. The first-order valence-electron chi connectivity index (χ1n) is 23.9. The fraction of sp³-hybridized carbons (Fsp3) is 0.957. The molecule has 0 amide bonds. The Kier molecular flexibility index (Phi) is 15.5. The molecule has 3 saturated heterocycles. The van der Waals surface area contributed by atoms with E-state index in [9.17, 15) is 56.2 Å². The number of fused-ring (bicyclic) bond motifs is 5. The Hall–Kier alpha value is -0.940. The highest BCUT2D eigenvalue weighted by molar-refractivity contribution is 5.19. The molecule has 24 atom stereocenters. The van der Waals surface area contributed by atoms with Gasteiger partial charge < -0.3 is 84.6 Å². The molecule has 17 heteroatoms. The number of rotatable bonds is 14. The molecule has 0 aromatic carbocycles. The van der Waals surface area contributed by atoms with Crippen LogP contribution in [0.15, 0.2) is 11.6 Å². The summed E-state index contributed by atoms with van der Waals surface area (Å²) in [6.07, 6.45) is -10.6. The fourth-order valence-corrected chi connectivity index (χ4v) is 14.5. The van der Waals surface area contributed by atoms with Gasteiger partial charge in [0.05, 0.1) is 38.6 Å². The molecule has 64 heavy (non-hydrogen) atoms. The molecule has 4 saturated carbocycles. The van der Waals surface area contributed by atoms with E-state index in [0.717, 1.165) is 44.9 Å². The molecule has 24 unspecified atom stereocenters. The molecule has 0 spiro atoms. The molecule has 7 fully saturated rings. The summed E-state index contributed by atoms with van der Waals surface area (Å²) in [6.45, 7) is 14.5. The SMILES string of the molecule is CC(C)=CCCC(COC1OC(COC2OC(CO)C(O)C2O)C(O)C(O)C1O)C1CCC2(C)C1C(O)CC1C3(C)CCC(OC4OC(CO)C(O)C(O)C4O)C(C)(C)C3CCC12C. The highest BCUT2D eigenvalue weighted by Gasteiger charge is 2.71. The van der Waals surface area contributed by atoms with Crippen LogP contribution in [0.5, 0.6) is 0 Å². The third-order valence-corrected chi connectivity index (χ3v) is 18.3. The first-order chi connectivity index (χ1) is 30.0. The minimum atomic E-state index is -1.63. The van der Waals surface area contributed by atoms with Gasteiger partial charge in [0, 0.05) is 0 Å². The number of allylic oxidation sites excluding steroid dienone is 2. The van der Waals surface area contributed by atoms with Crippen molar-refractivity contribution in [1.29, 1.82) is 0 Å². The summed E-state index contributed by atoms with van der Waals surface area (Å²) in [6, 6.07) is 0. The molecule has 3 aliphatic heterocycles. The second-order valence-electron chi connectivity index (χ2n) is 22.2. The van der Waals surface area contributed by atoms with Crippen molar-refractivity contribution in [1.82, 2.24) is 0 Å². The van der Waals surface area contributed by atoms with E-state index in [2.05, 4.69) is 54.5 Å². The zero-order valence-electron chi connectivity index (χ0n) is 38.8. The summed E-state index contributed by atoms with van der Waals surface area (Å²) in [5.41, 5.74) is 0.343. The Balaban J connectivity index is 1.06. The van der Waals surface area contributed by atoms with Crippen molar-refractivity contribution in [2.24, 2.45) is 51.2 Å². The number of aliphatic hydroxyl groups excluding tert-OH is 11. The number of aliphatic hydroxyl groups is 11. The molecule has 11 N–H and O–H groups in total. The van der Waals surface area contributed by atoms with Gasteiger partial charge >= 0.3 is 0 Å². The van der Waals surface area contributed by atoms with Gasteiger partial charge in [0.2, 0.25) is 0 Å². The van der Waals surface area contributed by atoms with Crippen molar-refractivity contribution < 1.29 is 84.6 Å². The molecule has 3 heterocycles. The van der Waals surface area contributed by atoms with Gasteiger partial charge in [0.1, 0.15) is 67.1 Å². The van der Waals surface area contributed by atoms with E-state index in [1.165, 1.54) is 5.57 Å². The Morgan fingerprint density at radius 1 is 0.625 bits per heavy atom. The van der Waals surface area contributed by atoms with Gasteiger partial charge in [-0.2, -0.15) is 0 Å². The third kappa shape index (κ3) is 8.82. The van der Waals surface area contributed by atoms with E-state index in [1.807, 2.05) is 0 Å². The molecular weight excluding hydrogens is 836 g/mol. The molecule has 4 aliphatic carbocycles. The third-order valence-electron chi connectivity index (χ3n) is 18.3. The number of hydrogen-bond donors (Lipinski definition) is 11. The fourth-order valence-electron chi connectivity index (χ4n) is 14.5. The Bertz CT molecular complexity index is 1600. The van der Waals surface area contributed by atoms with Crippen molar-refractivity contribution in [2.75, 3.05) is 26.4 Å². The largest absolute Gasteiger partial charge is 0.394 e. The maximum atomic E-state index is 12.5. The van der Waals surface area contributed by atoms with Crippen molar-refractivity contribution in [2.45, 2.75) is 204 Å². The second-order valence-corrected chi connectivity index (χ2v) is 22.2. The summed E-state index contributed by atoms with van der Waals surface area (Å²) < 4.78 is 35.7. The quantitative estimate of drug-likeness (QED) is 0.0835. The zero-order valence-corrected chi connectivity index (χ0v) is 38.8. The highest BCUT2D eigenvalue weighted by atomic mass is 16.7. The lowest BCUT2D eigenvalue weighted by atomic mass is 9.35. The van der Waals surface area contributed by atoms with Crippen molar-refractivity contribution in [3.8, 4) is 0 Å². The van der Waals surface area contributed by atoms with Crippen LogP contribution < -0.4 is 0 Å². The predicted molar refractivity (Wildman–Crippen MR) is 228 cm³/mol. The molecule has 0 aromatic rings. The van der Waals surface area contributed by atoms with Crippen molar-refractivity contribution >= 4 is 0 Å². The lowest BCUT2D eigenvalue weighted by Gasteiger charge is -2.70. The van der Waals surface area contributed by atoms with Crippen LogP contribution >= 0.6 is 0 Å². The monoisotopic (exact) mass is 917 g/mol. The van der Waals surface area contributed by atoms with E-state index < -0.39 is 105 Å². The van der Waals surface area contributed by atoms with Gasteiger partial charge in [-0.05, 0) is 123 Å². The highest BCUT2D eigenvalue weighted by Crippen LogP contribution is 2.76. The van der Waals surface area contributed by atoms with Crippen LogP contribution in [0.4, 0.5) is 0 Å². The molecule has 370 valence electrons. The topological polar surface area (TPSA) is 278 Å². The Labute approximate surface area is 377 Å². The lowest BCUT2D eigenvalue weighted by Crippen LogP contribution is -2.67. The Morgan fingerprint density at radius 2 is 1.17 bits per heavy atom. The van der Waals surface area contributed by atoms with E-state index in [1.54, 1.807) is 0 Å². The smallest absolute Gasteiger partial charge is 0.186 e. The zero-order chi connectivity index (χ0) is 46.8. The summed E-state index contributed by atoms with van der Waals surface area (Å²) >= 11 is 0. The predicted octanol–water partition coefficient (Wildman–Crippen LogP) is 0.470. The number of hydrogen-bond acceptors (Lipinski definition) is 17. The molecule has 0 bridgehead atoms. The van der Waals surface area contributed by atoms with Gasteiger partial charge in [0.25, 0.3) is 0 Å². The van der Waals surface area contributed by atoms with Gasteiger partial charge in [-0.3, -0.25) is 0 Å². The standard InChI is InChI=1S/C47H80O17/c1-22(2)9-8-10-23(20-59-42-39(57)37(55)35(53)28(63-42)21-60-41-38(56)34(52)27(19-49)61-41)24-11-15-47(7)32(24)25(50)17-30-45(5)14-13-31(44(3,4)29(45)12-16-46(30,47)6)64-43-40(58)36(54)33(51)26(18-48)62-43/h9,23-43,48-58H,8,10-21H2,1-7H3. The van der Waals surface area contributed by atoms with Crippen LogP contribution in [0.25, 0.3) is 0 Å². The van der Waals surface area contributed by atoms with Crippen LogP contribution in [-0.4, -0.2) is 181 Å².